The van der Waals surface area contributed by atoms with Crippen molar-refractivity contribution in [2.45, 2.75) is 37.4 Å². The molecule has 1 fully saturated rings. The van der Waals surface area contributed by atoms with Gasteiger partial charge in [0.1, 0.15) is 23.1 Å². The van der Waals surface area contributed by atoms with E-state index in [9.17, 15) is 18.5 Å². The second kappa shape index (κ2) is 8.40. The van der Waals surface area contributed by atoms with E-state index in [2.05, 4.69) is 9.71 Å². The molecule has 0 bridgehead atoms. The van der Waals surface area contributed by atoms with Crippen LogP contribution in [0.1, 0.15) is 37.7 Å². The lowest BCUT2D eigenvalue weighted by molar-refractivity contribution is 0.481. The van der Waals surface area contributed by atoms with E-state index in [0.29, 0.717) is 29.5 Å². The fourth-order valence-electron chi connectivity index (χ4n) is 3.81. The number of hydrogen-bond donors (Lipinski definition) is 1. The number of hydrogen-bond acceptors (Lipinski definition) is 6. The number of rotatable bonds is 5. The van der Waals surface area contributed by atoms with Crippen molar-refractivity contribution in [2.24, 2.45) is 7.05 Å². The van der Waals surface area contributed by atoms with Gasteiger partial charge in [0, 0.05) is 7.05 Å². The highest BCUT2D eigenvalue weighted by Crippen LogP contribution is 2.33. The third-order valence-corrected chi connectivity index (χ3v) is 7.35. The predicted octanol–water partition coefficient (Wildman–Crippen LogP) is 3.67. The number of nitrogens with one attached hydrogen (secondary N) is 1. The van der Waals surface area contributed by atoms with Gasteiger partial charge in [0.05, 0.1) is 28.2 Å². The first-order valence-corrected chi connectivity index (χ1v) is 11.6. The van der Waals surface area contributed by atoms with Crippen molar-refractivity contribution in [3.05, 3.63) is 58.6 Å². The maximum Gasteiger partial charge on any atom is 0.261 e. The van der Waals surface area contributed by atoms with Crippen LogP contribution in [0.4, 0.5) is 5.69 Å². The first kappa shape index (κ1) is 20.9. The predicted molar refractivity (Wildman–Crippen MR) is 118 cm³/mol. The van der Waals surface area contributed by atoms with Gasteiger partial charge < -0.3 is 9.30 Å². The minimum atomic E-state index is -3.61. The molecule has 4 rings (SSSR count). The Morgan fingerprint density at radius 3 is 2.71 bits per heavy atom. The molecule has 1 heterocycles. The van der Waals surface area contributed by atoms with Crippen LogP contribution in [0.5, 0.6) is 11.5 Å². The van der Waals surface area contributed by atoms with Crippen molar-refractivity contribution in [1.29, 1.82) is 5.26 Å². The first-order valence-electron chi connectivity index (χ1n) is 10.1. The van der Waals surface area contributed by atoms with Crippen molar-refractivity contribution in [3.8, 4) is 17.6 Å². The molecule has 3 aromatic rings. The fourth-order valence-corrected chi connectivity index (χ4v) is 5.41. The molecule has 1 saturated carbocycles. The summed E-state index contributed by atoms with van der Waals surface area (Å²) in [6.07, 6.45) is 5.50. The second-order valence-corrected chi connectivity index (χ2v) is 9.60. The molecule has 1 aliphatic carbocycles. The molecule has 0 saturated heterocycles. The van der Waals surface area contributed by atoms with Crippen molar-refractivity contribution < 1.29 is 13.2 Å². The Labute approximate surface area is 180 Å². The lowest BCUT2D eigenvalue weighted by Crippen LogP contribution is -2.30. The lowest BCUT2D eigenvalue weighted by Gasteiger charge is -2.23. The molecular formula is C22H22N4O4S. The van der Waals surface area contributed by atoms with E-state index in [-0.39, 0.29) is 22.6 Å². The zero-order valence-corrected chi connectivity index (χ0v) is 17.9. The zero-order chi connectivity index (χ0) is 22.0. The van der Waals surface area contributed by atoms with Crippen LogP contribution < -0.4 is 15.0 Å². The molecular weight excluding hydrogens is 416 g/mol. The summed E-state index contributed by atoms with van der Waals surface area (Å²) in [5, 5.41) is 9.64. The Bertz CT molecular complexity index is 1340. The summed E-state index contributed by atoms with van der Waals surface area (Å²) in [4.78, 5) is 16.6. The van der Waals surface area contributed by atoms with Crippen LogP contribution in [-0.2, 0) is 17.1 Å². The third kappa shape index (κ3) is 4.25. The molecule has 2 aromatic carbocycles. The second-order valence-electron chi connectivity index (χ2n) is 7.64. The smallest absolute Gasteiger partial charge is 0.261 e. The molecule has 1 aliphatic rings. The molecule has 0 unspecified atom stereocenters. The van der Waals surface area contributed by atoms with Gasteiger partial charge in [-0.25, -0.2) is 13.4 Å². The van der Waals surface area contributed by atoms with Gasteiger partial charge in [0.15, 0.2) is 0 Å². The largest absolute Gasteiger partial charge is 0.456 e. The number of sulfonamides is 1. The van der Waals surface area contributed by atoms with Crippen molar-refractivity contribution in [3.63, 3.8) is 0 Å². The Morgan fingerprint density at radius 1 is 1.19 bits per heavy atom. The minimum absolute atomic E-state index is 0.0843. The van der Waals surface area contributed by atoms with Gasteiger partial charge in [-0.15, -0.1) is 0 Å². The van der Waals surface area contributed by atoms with Gasteiger partial charge in [0.25, 0.3) is 5.56 Å². The summed E-state index contributed by atoms with van der Waals surface area (Å²) >= 11 is 0. The molecule has 1 aromatic heterocycles. The van der Waals surface area contributed by atoms with E-state index < -0.39 is 15.3 Å². The van der Waals surface area contributed by atoms with Crippen molar-refractivity contribution >= 4 is 26.6 Å². The monoisotopic (exact) mass is 438 g/mol. The van der Waals surface area contributed by atoms with Crippen LogP contribution in [-0.4, -0.2) is 23.2 Å². The highest BCUT2D eigenvalue weighted by Gasteiger charge is 2.28. The summed E-state index contributed by atoms with van der Waals surface area (Å²) in [5.41, 5.74) is 0.583. The van der Waals surface area contributed by atoms with Gasteiger partial charge in [-0.1, -0.05) is 25.3 Å². The number of ether oxygens (including phenoxy) is 1. The molecule has 0 atom stereocenters. The number of benzene rings is 2. The number of nitrogens with zero attached hydrogens (tertiary/aromatic N) is 3. The van der Waals surface area contributed by atoms with Crippen LogP contribution in [0.25, 0.3) is 10.9 Å². The number of aryl methyl sites for hydroxylation is 1. The highest BCUT2D eigenvalue weighted by atomic mass is 32.2. The zero-order valence-electron chi connectivity index (χ0n) is 17.0. The molecule has 0 amide bonds. The maximum atomic E-state index is 12.8. The summed E-state index contributed by atoms with van der Waals surface area (Å²) in [6.45, 7) is 0. The molecule has 1 N–H and O–H groups in total. The molecule has 31 heavy (non-hydrogen) atoms. The Hall–Kier alpha value is -3.38. The Balaban J connectivity index is 1.66. The van der Waals surface area contributed by atoms with E-state index >= 15 is 0 Å². The van der Waals surface area contributed by atoms with E-state index in [1.54, 1.807) is 43.4 Å². The van der Waals surface area contributed by atoms with Gasteiger partial charge >= 0.3 is 0 Å². The van der Waals surface area contributed by atoms with Crippen LogP contribution >= 0.6 is 0 Å². The van der Waals surface area contributed by atoms with E-state index in [1.807, 2.05) is 6.07 Å². The van der Waals surface area contributed by atoms with E-state index in [0.717, 1.165) is 19.3 Å². The first-order chi connectivity index (χ1) is 14.9. The SMILES string of the molecule is Cn1cnc2ccc(Oc3cccc(NS(=O)(=O)C4CCCCC4)c3C#N)cc2c1=O. The normalized spacial score (nSPS) is 14.8. The topological polar surface area (TPSA) is 114 Å². The molecule has 8 nitrogen and oxygen atoms in total. The molecule has 0 spiro atoms. The maximum absolute atomic E-state index is 12.8. The number of fused-ring (bicyclic) bond motifs is 1. The van der Waals surface area contributed by atoms with E-state index in [1.165, 1.54) is 10.9 Å². The number of anilines is 1. The van der Waals surface area contributed by atoms with Gasteiger partial charge in [-0.2, -0.15) is 5.26 Å². The number of nitriles is 1. The summed E-state index contributed by atoms with van der Waals surface area (Å²) in [7, 11) is -2.00. The number of aromatic nitrogens is 2. The highest BCUT2D eigenvalue weighted by molar-refractivity contribution is 7.93. The third-order valence-electron chi connectivity index (χ3n) is 5.50. The average molecular weight is 439 g/mol. The average Bonchev–Trinajstić information content (AvgIpc) is 2.77. The Morgan fingerprint density at radius 2 is 1.97 bits per heavy atom. The van der Waals surface area contributed by atoms with Gasteiger partial charge in [-0.05, 0) is 43.2 Å². The molecule has 9 heteroatoms. The Kier molecular flexibility index (Phi) is 5.65. The minimum Gasteiger partial charge on any atom is -0.456 e. The van der Waals surface area contributed by atoms with Crippen molar-refractivity contribution in [2.75, 3.05) is 4.72 Å². The molecule has 160 valence electrons. The fraction of sp³-hybridized carbons (Fsp3) is 0.318. The van der Waals surface area contributed by atoms with Crippen molar-refractivity contribution in [1.82, 2.24) is 9.55 Å². The van der Waals surface area contributed by atoms with Crippen LogP contribution in [0.3, 0.4) is 0 Å². The van der Waals surface area contributed by atoms with Crippen LogP contribution in [0, 0.1) is 11.3 Å². The van der Waals surface area contributed by atoms with Crippen LogP contribution in [0.2, 0.25) is 0 Å². The van der Waals surface area contributed by atoms with Crippen LogP contribution in [0.15, 0.2) is 47.5 Å². The van der Waals surface area contributed by atoms with Gasteiger partial charge in [-0.3, -0.25) is 9.52 Å². The summed E-state index contributed by atoms with van der Waals surface area (Å²) in [6, 6.07) is 11.7. The van der Waals surface area contributed by atoms with Gasteiger partial charge in [0.2, 0.25) is 10.0 Å². The molecule has 0 radical (unpaired) electrons. The quantitative estimate of drug-likeness (QED) is 0.650. The van der Waals surface area contributed by atoms with E-state index in [4.69, 9.17) is 4.74 Å². The lowest BCUT2D eigenvalue weighted by atomic mass is 10.0. The molecule has 0 aliphatic heterocycles. The standard InChI is InChI=1S/C22H22N4O4S/c1-26-14-24-19-11-10-15(12-17(19)22(26)27)30-21-9-5-8-20(18(21)13-23)25-31(28,29)16-6-3-2-4-7-16/h5,8-12,14,16,25H,2-4,6-7H2,1H3. The summed E-state index contributed by atoms with van der Waals surface area (Å²) in [5.74, 6) is 0.549. The summed E-state index contributed by atoms with van der Waals surface area (Å²) < 4.78 is 35.4.